The fourth-order valence-corrected chi connectivity index (χ4v) is 2.00. The minimum absolute atomic E-state index is 0.522. The highest BCUT2D eigenvalue weighted by Crippen LogP contribution is 2.37. The van der Waals surface area contributed by atoms with E-state index in [2.05, 4.69) is 10.3 Å². The topological polar surface area (TPSA) is 56.5 Å². The lowest BCUT2D eigenvalue weighted by atomic mass is 10.2. The number of oxazole rings is 1. The van der Waals surface area contributed by atoms with Crippen molar-refractivity contribution in [3.8, 4) is 11.5 Å². The summed E-state index contributed by atoms with van der Waals surface area (Å²) >= 11 is 0. The highest BCUT2D eigenvalue weighted by atomic mass is 16.6. The van der Waals surface area contributed by atoms with Gasteiger partial charge in [-0.2, -0.15) is 0 Å². The highest BCUT2D eigenvalue weighted by Gasteiger charge is 2.15. The molecule has 0 aliphatic carbocycles. The molecule has 5 nitrogen and oxygen atoms in total. The molecule has 0 radical (unpaired) electrons. The molecule has 0 bridgehead atoms. The molecular formula is C14H16N2O3. The Balaban J connectivity index is 1.76. The van der Waals surface area contributed by atoms with Gasteiger partial charge < -0.3 is 19.2 Å². The number of ether oxygens (including phenoxy) is 2. The Hall–Kier alpha value is -2.17. The second-order valence-corrected chi connectivity index (χ2v) is 4.43. The lowest BCUT2D eigenvalue weighted by Crippen LogP contribution is -2.16. The molecule has 0 amide bonds. The first-order valence-corrected chi connectivity index (χ1v) is 6.29. The molecule has 3 rings (SSSR count). The fraction of sp³-hybridized carbons (Fsp3) is 0.357. The van der Waals surface area contributed by atoms with Gasteiger partial charge in [0.05, 0.1) is 17.9 Å². The molecule has 1 aliphatic heterocycles. The molecule has 1 aromatic carbocycles. The average Bonchev–Trinajstić information content (AvgIpc) is 2.75. The van der Waals surface area contributed by atoms with Gasteiger partial charge in [-0.15, -0.1) is 0 Å². The van der Waals surface area contributed by atoms with Crippen LogP contribution in [0, 0.1) is 13.8 Å². The van der Waals surface area contributed by atoms with Gasteiger partial charge in [-0.25, -0.2) is 4.98 Å². The second kappa shape index (κ2) is 4.84. The molecule has 2 aromatic rings. The van der Waals surface area contributed by atoms with E-state index in [-0.39, 0.29) is 0 Å². The van der Waals surface area contributed by atoms with Crippen LogP contribution in [0.1, 0.15) is 17.3 Å². The van der Waals surface area contributed by atoms with Crippen LogP contribution in [0.25, 0.3) is 0 Å². The van der Waals surface area contributed by atoms with Gasteiger partial charge in [-0.05, 0) is 26.0 Å². The van der Waals surface area contributed by atoms with E-state index in [0.717, 1.165) is 28.6 Å². The smallest absolute Gasteiger partial charge is 0.213 e. The normalized spacial score (nSPS) is 13.4. The Labute approximate surface area is 111 Å². The molecule has 0 saturated carbocycles. The van der Waals surface area contributed by atoms with Gasteiger partial charge in [0.1, 0.15) is 19.0 Å². The van der Waals surface area contributed by atoms with Crippen LogP contribution in [0.4, 0.5) is 5.69 Å². The number of fused-ring (bicyclic) bond motifs is 1. The Morgan fingerprint density at radius 3 is 2.84 bits per heavy atom. The van der Waals surface area contributed by atoms with Gasteiger partial charge in [-0.3, -0.25) is 0 Å². The maximum absolute atomic E-state index is 5.63. The lowest BCUT2D eigenvalue weighted by molar-refractivity contribution is 0.172. The lowest BCUT2D eigenvalue weighted by Gasteiger charge is -2.21. The van der Waals surface area contributed by atoms with Crippen molar-refractivity contribution in [2.45, 2.75) is 20.4 Å². The summed E-state index contributed by atoms with van der Waals surface area (Å²) in [5.41, 5.74) is 1.82. The third kappa shape index (κ3) is 2.36. The molecule has 0 unspecified atom stereocenters. The summed E-state index contributed by atoms with van der Waals surface area (Å²) in [5, 5.41) is 3.27. The van der Waals surface area contributed by atoms with E-state index >= 15 is 0 Å². The summed E-state index contributed by atoms with van der Waals surface area (Å²) in [5.74, 6) is 3.06. The molecule has 0 atom stereocenters. The standard InChI is InChI=1S/C14H16N2O3/c1-9-10(2)19-13(16-9)8-15-11-4-3-5-12-14(11)18-7-6-17-12/h3-5,15H,6-8H2,1-2H3. The summed E-state index contributed by atoms with van der Waals surface area (Å²) in [6.45, 7) is 5.53. The molecule has 0 fully saturated rings. The third-order valence-electron chi connectivity index (χ3n) is 3.07. The summed E-state index contributed by atoms with van der Waals surface area (Å²) in [4.78, 5) is 4.34. The van der Waals surface area contributed by atoms with Crippen LogP contribution in [0.5, 0.6) is 11.5 Å². The third-order valence-corrected chi connectivity index (χ3v) is 3.07. The predicted octanol–water partition coefficient (Wildman–Crippen LogP) is 2.67. The van der Waals surface area contributed by atoms with Crippen LogP contribution in [0.2, 0.25) is 0 Å². The molecular weight excluding hydrogens is 244 g/mol. The molecule has 1 N–H and O–H groups in total. The first-order chi connectivity index (χ1) is 9.24. The summed E-state index contributed by atoms with van der Waals surface area (Å²) in [6, 6.07) is 5.79. The zero-order chi connectivity index (χ0) is 13.2. The molecule has 0 saturated heterocycles. The molecule has 5 heteroatoms. The molecule has 2 heterocycles. The molecule has 1 aliphatic rings. The fourth-order valence-electron chi connectivity index (χ4n) is 2.00. The van der Waals surface area contributed by atoms with Gasteiger partial charge in [-0.1, -0.05) is 6.07 Å². The Morgan fingerprint density at radius 1 is 1.21 bits per heavy atom. The van der Waals surface area contributed by atoms with Crippen LogP contribution in [-0.4, -0.2) is 18.2 Å². The minimum atomic E-state index is 0.522. The Bertz CT molecular complexity index is 573. The van der Waals surface area contributed by atoms with E-state index in [0.29, 0.717) is 25.6 Å². The molecule has 1 aromatic heterocycles. The number of para-hydroxylation sites is 1. The van der Waals surface area contributed by atoms with Crippen molar-refractivity contribution >= 4 is 5.69 Å². The Morgan fingerprint density at radius 2 is 2.05 bits per heavy atom. The van der Waals surface area contributed by atoms with Crippen LogP contribution < -0.4 is 14.8 Å². The monoisotopic (exact) mass is 260 g/mol. The minimum Gasteiger partial charge on any atom is -0.486 e. The van der Waals surface area contributed by atoms with Crippen molar-refractivity contribution in [2.24, 2.45) is 0 Å². The summed E-state index contributed by atoms with van der Waals surface area (Å²) < 4.78 is 16.7. The van der Waals surface area contributed by atoms with Crippen molar-refractivity contribution in [3.63, 3.8) is 0 Å². The van der Waals surface area contributed by atoms with Gasteiger partial charge in [0, 0.05) is 0 Å². The number of hydrogen-bond acceptors (Lipinski definition) is 5. The number of anilines is 1. The van der Waals surface area contributed by atoms with E-state index < -0.39 is 0 Å². The first kappa shape index (κ1) is 11.9. The largest absolute Gasteiger partial charge is 0.486 e. The van der Waals surface area contributed by atoms with Gasteiger partial charge >= 0.3 is 0 Å². The zero-order valence-electron chi connectivity index (χ0n) is 11.0. The maximum Gasteiger partial charge on any atom is 0.213 e. The number of rotatable bonds is 3. The predicted molar refractivity (Wildman–Crippen MR) is 70.7 cm³/mol. The number of hydrogen-bond donors (Lipinski definition) is 1. The van der Waals surface area contributed by atoms with Crippen molar-refractivity contribution in [2.75, 3.05) is 18.5 Å². The average molecular weight is 260 g/mol. The summed E-state index contributed by atoms with van der Waals surface area (Å²) in [6.07, 6.45) is 0. The molecule has 19 heavy (non-hydrogen) atoms. The van der Waals surface area contributed by atoms with Crippen LogP contribution in [-0.2, 0) is 6.54 Å². The van der Waals surface area contributed by atoms with Crippen LogP contribution in [0.15, 0.2) is 22.6 Å². The summed E-state index contributed by atoms with van der Waals surface area (Å²) in [7, 11) is 0. The maximum atomic E-state index is 5.63. The second-order valence-electron chi connectivity index (χ2n) is 4.43. The van der Waals surface area contributed by atoms with Crippen molar-refractivity contribution in [1.82, 2.24) is 4.98 Å². The van der Waals surface area contributed by atoms with E-state index in [4.69, 9.17) is 13.9 Å². The number of aromatic nitrogens is 1. The number of nitrogens with one attached hydrogen (secondary N) is 1. The van der Waals surface area contributed by atoms with Crippen molar-refractivity contribution < 1.29 is 13.9 Å². The van der Waals surface area contributed by atoms with Crippen molar-refractivity contribution in [3.05, 3.63) is 35.5 Å². The number of nitrogens with zero attached hydrogens (tertiary/aromatic N) is 1. The van der Waals surface area contributed by atoms with E-state index in [1.54, 1.807) is 0 Å². The van der Waals surface area contributed by atoms with Gasteiger partial charge in [0.2, 0.25) is 5.89 Å². The zero-order valence-corrected chi connectivity index (χ0v) is 11.0. The SMILES string of the molecule is Cc1nc(CNc2cccc3c2OCCO3)oc1C. The van der Waals surface area contributed by atoms with Gasteiger partial charge in [0.25, 0.3) is 0 Å². The number of benzene rings is 1. The van der Waals surface area contributed by atoms with Crippen LogP contribution >= 0.6 is 0 Å². The van der Waals surface area contributed by atoms with E-state index in [1.807, 2.05) is 32.0 Å². The van der Waals surface area contributed by atoms with Gasteiger partial charge in [0.15, 0.2) is 11.5 Å². The molecule has 0 spiro atoms. The van der Waals surface area contributed by atoms with Crippen molar-refractivity contribution in [1.29, 1.82) is 0 Å². The van der Waals surface area contributed by atoms with E-state index in [9.17, 15) is 0 Å². The quantitative estimate of drug-likeness (QED) is 0.919. The van der Waals surface area contributed by atoms with E-state index in [1.165, 1.54) is 0 Å². The van der Waals surface area contributed by atoms with Crippen LogP contribution in [0.3, 0.4) is 0 Å². The highest BCUT2D eigenvalue weighted by molar-refractivity contribution is 5.63. The first-order valence-electron chi connectivity index (χ1n) is 6.29. The Kier molecular flexibility index (Phi) is 3.03. The molecule has 100 valence electrons. The number of aryl methyl sites for hydroxylation is 2.